The zero-order valence-electron chi connectivity index (χ0n) is 10.7. The van der Waals surface area contributed by atoms with E-state index in [9.17, 15) is 4.79 Å². The number of hydrogen-bond donors (Lipinski definition) is 2. The van der Waals surface area contributed by atoms with Gasteiger partial charge in [-0.05, 0) is 13.3 Å². The molecule has 0 rings (SSSR count). The molecule has 0 atom stereocenters. The van der Waals surface area contributed by atoms with Gasteiger partial charge in [-0.15, -0.1) is 12.4 Å². The molecule has 0 saturated carbocycles. The Morgan fingerprint density at radius 2 is 1.60 bits per heavy atom. The highest BCUT2D eigenvalue weighted by Crippen LogP contribution is 1.90. The van der Waals surface area contributed by atoms with Crippen LogP contribution < -0.4 is 11.9 Å². The first-order chi connectivity index (χ1) is 5.70. The Hall–Kier alpha value is -0.580. The number of nitrogens with two attached hydrogens (primary N) is 1. The highest BCUT2D eigenvalue weighted by molar-refractivity contribution is 5.90. The van der Waals surface area contributed by atoms with Crippen LogP contribution >= 0.6 is 12.4 Å². The summed E-state index contributed by atoms with van der Waals surface area (Å²) in [6.45, 7) is 8.34. The lowest BCUT2D eigenvalue weighted by atomic mass is 10.3. The number of rotatable bonds is 3. The zero-order chi connectivity index (χ0) is 11.1. The molecule has 0 fully saturated rings. The lowest BCUT2D eigenvalue weighted by Crippen LogP contribution is -2.34. The van der Waals surface area contributed by atoms with Crippen molar-refractivity contribution in [3.8, 4) is 0 Å². The maximum absolute atomic E-state index is 9.82. The van der Waals surface area contributed by atoms with Gasteiger partial charge in [0.1, 0.15) is 0 Å². The standard InChI is InChI=1S/C6H16N.C4H7NO.ClH.H3N/c1-5-6-7(2,3)4;1-3(2)4(5)6;;/h5-6H2,1-4H3;1H2,2H3,(H2,5,6);1H;1H3/q+1;;;. The van der Waals surface area contributed by atoms with E-state index in [-0.39, 0.29) is 18.6 Å². The number of primary amides is 1. The van der Waals surface area contributed by atoms with E-state index < -0.39 is 5.91 Å². The van der Waals surface area contributed by atoms with Crippen LogP contribution in [0, 0.1) is 0 Å². The topological polar surface area (TPSA) is 78.1 Å². The number of nitrogens with zero attached hydrogens (tertiary/aromatic N) is 1. The van der Waals surface area contributed by atoms with Crippen LogP contribution in [0.25, 0.3) is 0 Å². The van der Waals surface area contributed by atoms with Crippen molar-refractivity contribution in [1.82, 2.24) is 6.15 Å². The molecule has 0 aromatic heterocycles. The summed E-state index contributed by atoms with van der Waals surface area (Å²) in [6.07, 6.45) is 1.28. The number of amides is 1. The molecule has 0 aliphatic carbocycles. The quantitative estimate of drug-likeness (QED) is 0.582. The number of quaternary nitrogens is 1. The predicted octanol–water partition coefficient (Wildman–Crippen LogP) is 1.73. The van der Waals surface area contributed by atoms with E-state index >= 15 is 0 Å². The van der Waals surface area contributed by atoms with Crippen molar-refractivity contribution in [2.24, 2.45) is 5.73 Å². The number of carbonyl (C=O) groups excluding carboxylic acids is 1. The van der Waals surface area contributed by atoms with Crippen LogP contribution in [0.4, 0.5) is 0 Å². The molecule has 5 N–H and O–H groups in total. The van der Waals surface area contributed by atoms with Crippen molar-refractivity contribution in [2.75, 3.05) is 27.7 Å². The van der Waals surface area contributed by atoms with Gasteiger partial charge in [-0.2, -0.15) is 0 Å². The van der Waals surface area contributed by atoms with Gasteiger partial charge in [-0.1, -0.05) is 13.5 Å². The van der Waals surface area contributed by atoms with Crippen LogP contribution in [0.2, 0.25) is 0 Å². The summed E-state index contributed by atoms with van der Waals surface area (Å²) in [4.78, 5) is 9.82. The molecule has 0 radical (unpaired) electrons. The van der Waals surface area contributed by atoms with Gasteiger partial charge in [-0.3, -0.25) is 4.79 Å². The molecule has 4 nitrogen and oxygen atoms in total. The Morgan fingerprint density at radius 3 is 1.60 bits per heavy atom. The third-order valence-corrected chi connectivity index (χ3v) is 1.32. The highest BCUT2D eigenvalue weighted by atomic mass is 35.5. The predicted molar refractivity (Wildman–Crippen MR) is 69.5 cm³/mol. The van der Waals surface area contributed by atoms with Gasteiger partial charge in [0.25, 0.3) is 0 Å². The second-order valence-electron chi connectivity index (χ2n) is 4.16. The molecule has 0 heterocycles. The van der Waals surface area contributed by atoms with Gasteiger partial charge in [0.05, 0.1) is 27.7 Å². The SMILES string of the molecule is C=C(C)C(N)=O.CCC[N+](C)(C)C.Cl.N. The second-order valence-corrected chi connectivity index (χ2v) is 4.16. The van der Waals surface area contributed by atoms with Crippen molar-refractivity contribution in [3.63, 3.8) is 0 Å². The lowest BCUT2D eigenvalue weighted by Gasteiger charge is -2.22. The van der Waals surface area contributed by atoms with E-state index in [1.165, 1.54) is 13.0 Å². The van der Waals surface area contributed by atoms with E-state index in [1.54, 1.807) is 6.92 Å². The van der Waals surface area contributed by atoms with Crippen LogP contribution in [0.15, 0.2) is 12.2 Å². The fourth-order valence-corrected chi connectivity index (χ4v) is 0.671. The molecular weight excluding hydrogens is 214 g/mol. The summed E-state index contributed by atoms with van der Waals surface area (Å²) >= 11 is 0. The summed E-state index contributed by atoms with van der Waals surface area (Å²) in [5.74, 6) is -0.435. The highest BCUT2D eigenvalue weighted by Gasteiger charge is 2.01. The molecule has 0 spiro atoms. The van der Waals surface area contributed by atoms with Gasteiger partial charge in [-0.25, -0.2) is 0 Å². The van der Waals surface area contributed by atoms with Crippen molar-refractivity contribution >= 4 is 18.3 Å². The first-order valence-corrected chi connectivity index (χ1v) is 4.46. The summed E-state index contributed by atoms with van der Waals surface area (Å²) in [7, 11) is 6.64. The molecule has 0 unspecified atom stereocenters. The molecular formula is C10H27ClN3O+. The third kappa shape index (κ3) is 31.8. The molecule has 15 heavy (non-hydrogen) atoms. The Kier molecular flexibility index (Phi) is 18.3. The minimum Gasteiger partial charge on any atom is -0.366 e. The molecule has 0 aliphatic heterocycles. The summed E-state index contributed by atoms with van der Waals surface area (Å²) in [5, 5.41) is 0. The first-order valence-electron chi connectivity index (χ1n) is 4.46. The normalized spacial score (nSPS) is 8.60. The average molecular weight is 241 g/mol. The second kappa shape index (κ2) is 11.5. The van der Waals surface area contributed by atoms with E-state index in [0.29, 0.717) is 5.57 Å². The molecule has 0 saturated heterocycles. The smallest absolute Gasteiger partial charge is 0.243 e. The van der Waals surface area contributed by atoms with Crippen molar-refractivity contribution in [1.29, 1.82) is 0 Å². The Bertz CT molecular complexity index is 164. The lowest BCUT2D eigenvalue weighted by molar-refractivity contribution is -0.870. The van der Waals surface area contributed by atoms with Gasteiger partial charge >= 0.3 is 0 Å². The molecule has 5 heteroatoms. The van der Waals surface area contributed by atoms with E-state index in [2.05, 4.69) is 34.6 Å². The van der Waals surface area contributed by atoms with Crippen LogP contribution in [0.5, 0.6) is 0 Å². The maximum atomic E-state index is 9.82. The maximum Gasteiger partial charge on any atom is 0.243 e. The largest absolute Gasteiger partial charge is 0.366 e. The van der Waals surface area contributed by atoms with Gasteiger partial charge in [0.2, 0.25) is 5.91 Å². The van der Waals surface area contributed by atoms with E-state index in [0.717, 1.165) is 4.48 Å². The van der Waals surface area contributed by atoms with Gasteiger partial charge in [0.15, 0.2) is 0 Å². The van der Waals surface area contributed by atoms with E-state index in [4.69, 9.17) is 5.73 Å². The minimum absolute atomic E-state index is 0. The van der Waals surface area contributed by atoms with Crippen LogP contribution in [0.3, 0.4) is 0 Å². The van der Waals surface area contributed by atoms with Crippen molar-refractivity contribution in [3.05, 3.63) is 12.2 Å². The molecule has 0 bridgehead atoms. The first kappa shape index (κ1) is 23.9. The Morgan fingerprint density at radius 1 is 1.33 bits per heavy atom. The zero-order valence-corrected chi connectivity index (χ0v) is 11.5. The van der Waals surface area contributed by atoms with Gasteiger partial charge < -0.3 is 16.4 Å². The van der Waals surface area contributed by atoms with E-state index in [1.807, 2.05) is 0 Å². The van der Waals surface area contributed by atoms with Crippen LogP contribution in [-0.4, -0.2) is 38.1 Å². The number of halogens is 1. The fourth-order valence-electron chi connectivity index (χ4n) is 0.671. The Labute approximate surface area is 100 Å². The monoisotopic (exact) mass is 240 g/mol. The summed E-state index contributed by atoms with van der Waals surface area (Å²) < 4.78 is 1.09. The molecule has 0 aliphatic rings. The molecule has 0 aromatic carbocycles. The summed E-state index contributed by atoms with van der Waals surface area (Å²) in [5.41, 5.74) is 5.09. The summed E-state index contributed by atoms with van der Waals surface area (Å²) in [6, 6.07) is 0. The van der Waals surface area contributed by atoms with Crippen molar-refractivity contribution in [2.45, 2.75) is 20.3 Å². The molecule has 94 valence electrons. The molecule has 1 amide bonds. The average Bonchev–Trinajstić information content (AvgIpc) is 1.85. The van der Waals surface area contributed by atoms with Crippen LogP contribution in [0.1, 0.15) is 20.3 Å². The van der Waals surface area contributed by atoms with Crippen molar-refractivity contribution < 1.29 is 9.28 Å². The minimum atomic E-state index is -0.435. The van der Waals surface area contributed by atoms with Crippen LogP contribution in [-0.2, 0) is 4.79 Å². The third-order valence-electron chi connectivity index (χ3n) is 1.32. The Balaban J connectivity index is -0.0000000718. The molecule has 0 aromatic rings. The number of carbonyl (C=O) groups is 1. The number of hydrogen-bond acceptors (Lipinski definition) is 2. The fraction of sp³-hybridized carbons (Fsp3) is 0.700. The van der Waals surface area contributed by atoms with Gasteiger partial charge in [0, 0.05) is 5.57 Å².